The van der Waals surface area contributed by atoms with Crippen molar-refractivity contribution in [1.82, 2.24) is 0 Å². The van der Waals surface area contributed by atoms with Crippen LogP contribution in [-0.2, 0) is 11.8 Å². The van der Waals surface area contributed by atoms with E-state index < -0.39 is 0 Å². The van der Waals surface area contributed by atoms with Gasteiger partial charge in [0.2, 0.25) is 0 Å². The molecule has 152 valence electrons. The minimum atomic E-state index is -0.330. The van der Waals surface area contributed by atoms with Crippen LogP contribution in [-0.4, -0.2) is 0 Å². The molecule has 0 fully saturated rings. The molecule has 3 aromatic carbocycles. The quantitative estimate of drug-likeness (QED) is 0.378. The molecule has 0 aliphatic heterocycles. The SMILES string of the molecule is CC(C)c1ccc(C(C)(C)CCCc2ccc(F)c(Oc3ccccc3)c2)cc1. The smallest absolute Gasteiger partial charge is 0.165 e. The van der Waals surface area contributed by atoms with E-state index in [2.05, 4.69) is 52.0 Å². The molecule has 29 heavy (non-hydrogen) atoms. The van der Waals surface area contributed by atoms with Crippen molar-refractivity contribution in [2.75, 3.05) is 0 Å². The Morgan fingerprint density at radius 2 is 1.59 bits per heavy atom. The van der Waals surface area contributed by atoms with Crippen LogP contribution in [0, 0.1) is 5.82 Å². The summed E-state index contributed by atoms with van der Waals surface area (Å²) in [6.07, 6.45) is 3.01. The summed E-state index contributed by atoms with van der Waals surface area (Å²) in [5.41, 5.74) is 3.96. The molecule has 0 amide bonds. The van der Waals surface area contributed by atoms with E-state index in [-0.39, 0.29) is 17.0 Å². The second-order valence-corrected chi connectivity index (χ2v) is 8.69. The number of rotatable bonds is 8. The van der Waals surface area contributed by atoms with Crippen LogP contribution < -0.4 is 4.74 Å². The average Bonchev–Trinajstić information content (AvgIpc) is 2.71. The van der Waals surface area contributed by atoms with Crippen LogP contribution in [0.2, 0.25) is 0 Å². The number of ether oxygens (including phenoxy) is 1. The zero-order valence-electron chi connectivity index (χ0n) is 17.9. The van der Waals surface area contributed by atoms with E-state index in [0.29, 0.717) is 11.7 Å². The van der Waals surface area contributed by atoms with E-state index in [4.69, 9.17) is 4.74 Å². The normalized spacial score (nSPS) is 11.7. The van der Waals surface area contributed by atoms with E-state index >= 15 is 0 Å². The molecule has 3 rings (SSSR count). The maximum atomic E-state index is 14.2. The van der Waals surface area contributed by atoms with Crippen LogP contribution in [0.1, 0.15) is 63.1 Å². The maximum Gasteiger partial charge on any atom is 0.165 e. The summed E-state index contributed by atoms with van der Waals surface area (Å²) < 4.78 is 19.9. The first-order valence-corrected chi connectivity index (χ1v) is 10.5. The molecule has 0 N–H and O–H groups in total. The summed E-state index contributed by atoms with van der Waals surface area (Å²) in [5, 5.41) is 0. The van der Waals surface area contributed by atoms with Gasteiger partial charge in [-0.05, 0) is 71.6 Å². The number of halogens is 1. The van der Waals surface area contributed by atoms with Crippen molar-refractivity contribution in [3.05, 3.63) is 95.3 Å². The first-order chi connectivity index (χ1) is 13.8. The highest BCUT2D eigenvalue weighted by atomic mass is 19.1. The Morgan fingerprint density at radius 1 is 0.897 bits per heavy atom. The predicted molar refractivity (Wildman–Crippen MR) is 119 cm³/mol. The molecule has 0 radical (unpaired) electrons. The van der Waals surface area contributed by atoms with Gasteiger partial charge in [0.1, 0.15) is 5.75 Å². The molecule has 2 heteroatoms. The molecule has 0 saturated heterocycles. The molecule has 0 aromatic heterocycles. The minimum Gasteiger partial charge on any atom is -0.454 e. The fourth-order valence-corrected chi connectivity index (χ4v) is 3.59. The summed E-state index contributed by atoms with van der Waals surface area (Å²) in [5.74, 6) is 1.16. The van der Waals surface area contributed by atoms with E-state index in [9.17, 15) is 4.39 Å². The topological polar surface area (TPSA) is 9.23 Å². The zero-order chi connectivity index (χ0) is 20.9. The monoisotopic (exact) mass is 390 g/mol. The van der Waals surface area contributed by atoms with Gasteiger partial charge in [-0.25, -0.2) is 4.39 Å². The summed E-state index contributed by atoms with van der Waals surface area (Å²) in [6, 6.07) is 23.5. The molecule has 0 bridgehead atoms. The number of hydrogen-bond donors (Lipinski definition) is 0. The van der Waals surface area contributed by atoms with Crippen LogP contribution in [0.25, 0.3) is 0 Å². The van der Waals surface area contributed by atoms with Gasteiger partial charge < -0.3 is 4.74 Å². The van der Waals surface area contributed by atoms with Gasteiger partial charge in [-0.2, -0.15) is 0 Å². The third-order valence-corrected chi connectivity index (χ3v) is 5.59. The molecule has 0 heterocycles. The summed E-state index contributed by atoms with van der Waals surface area (Å²) >= 11 is 0. The standard InChI is InChI=1S/C27H31FO/c1-20(2)22-13-15-23(16-14-22)27(3,4)18-8-9-21-12-17-25(28)26(19-21)29-24-10-6-5-7-11-24/h5-7,10-17,19-20H,8-9,18H2,1-4H3. The van der Waals surface area contributed by atoms with Gasteiger partial charge >= 0.3 is 0 Å². The molecule has 0 atom stereocenters. The Hall–Kier alpha value is -2.61. The van der Waals surface area contributed by atoms with Gasteiger partial charge in [0.15, 0.2) is 11.6 Å². The first-order valence-electron chi connectivity index (χ1n) is 10.5. The lowest BCUT2D eigenvalue weighted by Gasteiger charge is -2.26. The second-order valence-electron chi connectivity index (χ2n) is 8.69. The van der Waals surface area contributed by atoms with Gasteiger partial charge in [-0.3, -0.25) is 0 Å². The third-order valence-electron chi connectivity index (χ3n) is 5.59. The average molecular weight is 391 g/mol. The van der Waals surface area contributed by atoms with Crippen LogP contribution in [0.5, 0.6) is 11.5 Å². The van der Waals surface area contributed by atoms with Crippen molar-refractivity contribution in [2.45, 2.75) is 58.3 Å². The summed E-state index contributed by atoms with van der Waals surface area (Å²) in [6.45, 7) is 9.04. The molecule has 1 nitrogen and oxygen atoms in total. The molecule has 0 aliphatic carbocycles. The highest BCUT2D eigenvalue weighted by Gasteiger charge is 2.20. The number of hydrogen-bond acceptors (Lipinski definition) is 1. The van der Waals surface area contributed by atoms with Crippen LogP contribution in [0.3, 0.4) is 0 Å². The molecule has 0 unspecified atom stereocenters. The lowest BCUT2D eigenvalue weighted by atomic mass is 9.79. The number of para-hydroxylation sites is 1. The van der Waals surface area contributed by atoms with Crippen LogP contribution in [0.15, 0.2) is 72.8 Å². The fourth-order valence-electron chi connectivity index (χ4n) is 3.59. The van der Waals surface area contributed by atoms with Crippen LogP contribution >= 0.6 is 0 Å². The molecule has 3 aromatic rings. The molecular formula is C27H31FO. The molecule has 0 spiro atoms. The van der Waals surface area contributed by atoms with Crippen molar-refractivity contribution in [2.24, 2.45) is 0 Å². The van der Waals surface area contributed by atoms with Crippen molar-refractivity contribution in [1.29, 1.82) is 0 Å². The highest BCUT2D eigenvalue weighted by molar-refractivity contribution is 5.35. The van der Waals surface area contributed by atoms with E-state index in [1.54, 1.807) is 0 Å². The largest absolute Gasteiger partial charge is 0.454 e. The molecule has 0 saturated carbocycles. The van der Waals surface area contributed by atoms with Crippen molar-refractivity contribution in [3.63, 3.8) is 0 Å². The first kappa shape index (κ1) is 21.1. The predicted octanol–water partition coefficient (Wildman–Crippen LogP) is 8.04. The van der Waals surface area contributed by atoms with E-state index in [1.165, 1.54) is 17.2 Å². The van der Waals surface area contributed by atoms with Gasteiger partial charge in [0.25, 0.3) is 0 Å². The van der Waals surface area contributed by atoms with Crippen molar-refractivity contribution < 1.29 is 9.13 Å². The molecular weight excluding hydrogens is 359 g/mol. The Balaban J connectivity index is 1.61. The minimum absolute atomic E-state index is 0.110. The highest BCUT2D eigenvalue weighted by Crippen LogP contribution is 2.31. The van der Waals surface area contributed by atoms with Crippen molar-refractivity contribution in [3.8, 4) is 11.5 Å². The van der Waals surface area contributed by atoms with Gasteiger partial charge in [0.05, 0.1) is 0 Å². The van der Waals surface area contributed by atoms with E-state index in [0.717, 1.165) is 24.8 Å². The third kappa shape index (κ3) is 5.69. The number of aryl methyl sites for hydroxylation is 1. The van der Waals surface area contributed by atoms with Crippen LogP contribution in [0.4, 0.5) is 4.39 Å². The fraction of sp³-hybridized carbons (Fsp3) is 0.333. The lowest BCUT2D eigenvalue weighted by Crippen LogP contribution is -2.17. The van der Waals surface area contributed by atoms with Gasteiger partial charge in [-0.15, -0.1) is 0 Å². The Morgan fingerprint density at radius 3 is 2.24 bits per heavy atom. The maximum absolute atomic E-state index is 14.2. The molecule has 0 aliphatic rings. The Bertz CT molecular complexity index is 911. The van der Waals surface area contributed by atoms with Gasteiger partial charge in [0, 0.05) is 0 Å². The summed E-state index contributed by atoms with van der Waals surface area (Å²) in [7, 11) is 0. The Kier molecular flexibility index (Phi) is 6.74. The second kappa shape index (κ2) is 9.26. The lowest BCUT2D eigenvalue weighted by molar-refractivity contribution is 0.439. The van der Waals surface area contributed by atoms with Crippen molar-refractivity contribution >= 4 is 0 Å². The zero-order valence-corrected chi connectivity index (χ0v) is 17.9. The summed E-state index contributed by atoms with van der Waals surface area (Å²) in [4.78, 5) is 0. The number of benzene rings is 3. The van der Waals surface area contributed by atoms with E-state index in [1.807, 2.05) is 42.5 Å². The Labute approximate surface area is 174 Å². The van der Waals surface area contributed by atoms with Gasteiger partial charge in [-0.1, -0.05) is 76.2 Å².